The molecule has 0 aliphatic rings. The first kappa shape index (κ1) is 36.5. The van der Waals surface area contributed by atoms with Crippen molar-refractivity contribution >= 4 is 31.2 Å². The van der Waals surface area contributed by atoms with E-state index in [-0.39, 0.29) is 51.2 Å². The summed E-state index contributed by atoms with van der Waals surface area (Å²) >= 11 is 0. The molecular formula is CuFeMnO12S3. The van der Waals surface area contributed by atoms with Crippen LogP contribution >= 0.6 is 0 Å². The van der Waals surface area contributed by atoms with Crippen molar-refractivity contribution in [2.45, 2.75) is 0 Å². The van der Waals surface area contributed by atoms with E-state index in [1.807, 2.05) is 0 Å². The van der Waals surface area contributed by atoms with Crippen LogP contribution in [-0.4, -0.2) is 52.6 Å². The van der Waals surface area contributed by atoms with Gasteiger partial charge in [0.25, 0.3) is 0 Å². The SMILES string of the molecule is O=S(=O)([O-])[O-].O=S(=O)([O-])[O-].O=S(=O)([O-])[O-].[Cu+2].[Fe+2].[Mn+2]. The zero-order valence-electron chi connectivity index (χ0n) is 7.16. The van der Waals surface area contributed by atoms with Crippen LogP contribution in [0.5, 0.6) is 0 Å². The van der Waals surface area contributed by atoms with Gasteiger partial charge in [-0.2, -0.15) is 0 Å². The van der Waals surface area contributed by atoms with Crippen molar-refractivity contribution in [1.29, 1.82) is 0 Å². The zero-order valence-corrected chi connectivity index (χ0v) is 12.8. The molecular weight excluding hydrogens is 463 g/mol. The van der Waals surface area contributed by atoms with Crippen LogP contribution < -0.4 is 0 Å². The van der Waals surface area contributed by atoms with E-state index < -0.39 is 31.2 Å². The molecule has 0 bridgehead atoms. The Bertz CT molecular complexity index is 348. The van der Waals surface area contributed by atoms with Gasteiger partial charge in [-0.05, 0) is 0 Å². The van der Waals surface area contributed by atoms with Crippen LogP contribution in [-0.2, 0) is 82.4 Å². The van der Waals surface area contributed by atoms with E-state index >= 15 is 0 Å². The smallest absolute Gasteiger partial charge is 0.759 e. The van der Waals surface area contributed by atoms with Gasteiger partial charge in [-0.15, -0.1) is 0 Å². The quantitative estimate of drug-likeness (QED) is 0.190. The Balaban J connectivity index is -0.0000000277. The van der Waals surface area contributed by atoms with Gasteiger partial charge in [-0.1, -0.05) is 0 Å². The molecule has 0 aliphatic carbocycles. The molecule has 18 heteroatoms. The topological polar surface area (TPSA) is 241 Å². The third-order valence-corrected chi connectivity index (χ3v) is 0. The second-order valence-corrected chi connectivity index (χ2v) is 3.67. The Morgan fingerprint density at radius 3 is 0.500 bits per heavy atom. The molecule has 18 heavy (non-hydrogen) atoms. The summed E-state index contributed by atoms with van der Waals surface area (Å²) in [5.74, 6) is 0. The Kier molecular flexibility index (Phi) is 29.5. The average Bonchev–Trinajstić information content (AvgIpc) is 1.41. The summed E-state index contributed by atoms with van der Waals surface area (Å²) < 4.78 is 102. The minimum absolute atomic E-state index is 0. The predicted octanol–water partition coefficient (Wildman–Crippen LogP) is -4.02. The largest absolute Gasteiger partial charge is 2.00 e. The summed E-state index contributed by atoms with van der Waals surface area (Å²) in [6.07, 6.45) is 0. The Labute approximate surface area is 134 Å². The van der Waals surface area contributed by atoms with E-state index in [2.05, 4.69) is 0 Å². The summed E-state index contributed by atoms with van der Waals surface area (Å²) in [5, 5.41) is 0. The maximum Gasteiger partial charge on any atom is 2.00 e. The molecule has 0 rings (SSSR count). The monoisotopic (exact) mass is 462 g/mol. The van der Waals surface area contributed by atoms with Crippen LogP contribution in [0.4, 0.5) is 0 Å². The summed E-state index contributed by atoms with van der Waals surface area (Å²) in [7, 11) is -15.5. The summed E-state index contributed by atoms with van der Waals surface area (Å²) in [5.41, 5.74) is 0. The third-order valence-electron chi connectivity index (χ3n) is 0. The van der Waals surface area contributed by atoms with E-state index in [9.17, 15) is 0 Å². The number of hydrogen-bond donors (Lipinski definition) is 0. The van der Waals surface area contributed by atoms with Crippen LogP contribution in [0, 0.1) is 0 Å². The van der Waals surface area contributed by atoms with Gasteiger partial charge in [0.1, 0.15) is 0 Å². The van der Waals surface area contributed by atoms with E-state index in [1.165, 1.54) is 0 Å². The normalized spacial score (nSPS) is 9.67. The second kappa shape index (κ2) is 14.6. The first-order valence-electron chi connectivity index (χ1n) is 2.00. The molecule has 0 amide bonds. The van der Waals surface area contributed by atoms with Crippen molar-refractivity contribution in [3.8, 4) is 0 Å². The fraction of sp³-hybridized carbons (Fsp3) is 0. The molecule has 0 aromatic rings. The zero-order chi connectivity index (χ0) is 13.5. The Morgan fingerprint density at radius 1 is 0.500 bits per heavy atom. The maximum atomic E-state index is 8.52. The molecule has 12 nitrogen and oxygen atoms in total. The fourth-order valence-corrected chi connectivity index (χ4v) is 0. The molecule has 0 aromatic carbocycles. The van der Waals surface area contributed by atoms with Gasteiger partial charge >= 0.3 is 51.2 Å². The molecule has 116 valence electrons. The molecule has 0 atom stereocenters. The number of rotatable bonds is 0. The van der Waals surface area contributed by atoms with Crippen molar-refractivity contribution < 1.29 is 104 Å². The van der Waals surface area contributed by atoms with E-state index in [0.717, 1.165) is 0 Å². The molecule has 0 N–H and O–H groups in total. The molecule has 0 saturated heterocycles. The van der Waals surface area contributed by atoms with Gasteiger partial charge in [0, 0.05) is 31.2 Å². The van der Waals surface area contributed by atoms with Gasteiger partial charge in [0.2, 0.25) is 0 Å². The molecule has 0 aromatic heterocycles. The van der Waals surface area contributed by atoms with Crippen molar-refractivity contribution in [2.75, 3.05) is 0 Å². The minimum atomic E-state index is -5.17. The first-order chi connectivity index (χ1) is 6.00. The minimum Gasteiger partial charge on any atom is -0.759 e. The van der Waals surface area contributed by atoms with Crippen LogP contribution in [0.2, 0.25) is 0 Å². The molecule has 0 unspecified atom stereocenters. The van der Waals surface area contributed by atoms with Gasteiger partial charge < -0.3 is 27.3 Å². The van der Waals surface area contributed by atoms with Crippen molar-refractivity contribution in [3.05, 3.63) is 0 Å². The van der Waals surface area contributed by atoms with Crippen LogP contribution in [0.15, 0.2) is 0 Å². The van der Waals surface area contributed by atoms with Crippen molar-refractivity contribution in [1.82, 2.24) is 0 Å². The van der Waals surface area contributed by atoms with E-state index in [4.69, 9.17) is 52.6 Å². The first-order valence-corrected chi connectivity index (χ1v) is 6.00. The van der Waals surface area contributed by atoms with Gasteiger partial charge in [-0.3, -0.25) is 25.3 Å². The Hall–Kier alpha value is 1.17. The van der Waals surface area contributed by atoms with Crippen LogP contribution in [0.25, 0.3) is 0 Å². The second-order valence-electron chi connectivity index (χ2n) is 1.22. The summed E-state index contributed by atoms with van der Waals surface area (Å²) in [4.78, 5) is 0. The average molecular weight is 463 g/mol. The van der Waals surface area contributed by atoms with Gasteiger partial charge in [0.05, 0.1) is 0 Å². The maximum absolute atomic E-state index is 8.52. The van der Waals surface area contributed by atoms with E-state index in [0.29, 0.717) is 0 Å². The Morgan fingerprint density at radius 2 is 0.500 bits per heavy atom. The van der Waals surface area contributed by atoms with Gasteiger partial charge in [0.15, 0.2) is 0 Å². The van der Waals surface area contributed by atoms with Crippen molar-refractivity contribution in [3.63, 3.8) is 0 Å². The van der Waals surface area contributed by atoms with Crippen LogP contribution in [0.1, 0.15) is 0 Å². The van der Waals surface area contributed by atoms with Gasteiger partial charge in [-0.25, -0.2) is 0 Å². The molecule has 2 radical (unpaired) electrons. The summed E-state index contributed by atoms with van der Waals surface area (Å²) in [6, 6.07) is 0. The van der Waals surface area contributed by atoms with Crippen LogP contribution in [0.3, 0.4) is 0 Å². The fourth-order valence-electron chi connectivity index (χ4n) is 0. The third kappa shape index (κ3) is 3290. The number of hydrogen-bond acceptors (Lipinski definition) is 12. The van der Waals surface area contributed by atoms with E-state index in [1.54, 1.807) is 0 Å². The standard InChI is InChI=1S/Cu.Fe.Mn.3H2O4S/c;;;3*1-5(2,3)4/h;;;3*(H2,1,2,3,4)/q3*+2;;;/p-6. The molecule has 0 heterocycles. The molecule has 0 aliphatic heterocycles. The summed E-state index contributed by atoms with van der Waals surface area (Å²) in [6.45, 7) is 0. The molecule has 0 spiro atoms. The predicted molar refractivity (Wildman–Crippen MR) is 31.4 cm³/mol. The molecule has 0 fully saturated rings. The van der Waals surface area contributed by atoms with Crippen molar-refractivity contribution in [2.24, 2.45) is 0 Å². The molecule has 0 saturated carbocycles.